The monoisotopic (exact) mass is 882 g/mol. The molecule has 0 saturated heterocycles. The van der Waals surface area contributed by atoms with Crippen molar-refractivity contribution in [3.8, 4) is 50.6 Å². The number of allylic oxidation sites excluding steroid dienone is 1. The summed E-state index contributed by atoms with van der Waals surface area (Å²) in [4.78, 5) is 9.25. The number of furan rings is 1. The second kappa shape index (κ2) is 15.9. The van der Waals surface area contributed by atoms with Crippen LogP contribution in [0.15, 0.2) is 169 Å². The third-order valence-electron chi connectivity index (χ3n) is 9.07. The van der Waals surface area contributed by atoms with E-state index in [0.29, 0.717) is 11.3 Å². The van der Waals surface area contributed by atoms with Crippen LogP contribution in [-0.2, 0) is 20.1 Å². The first kappa shape index (κ1) is 29.3. The Morgan fingerprint density at radius 3 is 2.06 bits per heavy atom. The van der Waals surface area contributed by atoms with E-state index in [1.165, 1.54) is 24.4 Å². The van der Waals surface area contributed by atoms with Gasteiger partial charge in [0.1, 0.15) is 0 Å². The van der Waals surface area contributed by atoms with E-state index in [0.717, 1.165) is 72.5 Å². The van der Waals surface area contributed by atoms with E-state index in [1.807, 2.05) is 37.3 Å². The summed E-state index contributed by atoms with van der Waals surface area (Å²) in [5, 5.41) is 0.963. The van der Waals surface area contributed by atoms with Gasteiger partial charge in [-0.15, -0.1) is 35.4 Å². The number of hydrogen-bond donors (Lipinski definition) is 0. The molecule has 0 unspecified atom stereocenters. The molecule has 0 N–H and O–H groups in total. The molecule has 0 amide bonds. The second-order valence-corrected chi connectivity index (χ2v) is 12.7. The largest absolute Gasteiger partial charge is 0.557 e. The topological polar surface area (TPSA) is 43.9 Å². The van der Waals surface area contributed by atoms with Crippen LogP contribution in [0.5, 0.6) is 0 Å². The second-order valence-electron chi connectivity index (χ2n) is 12.7. The first-order chi connectivity index (χ1) is 28.4. The molecule has 0 saturated carbocycles. The van der Waals surface area contributed by atoms with Gasteiger partial charge in [0.15, 0.2) is 0 Å². The Morgan fingerprint density at radius 2 is 1.43 bits per heavy atom. The van der Waals surface area contributed by atoms with Gasteiger partial charge in [0.2, 0.25) is 0 Å². The molecule has 0 bridgehead atoms. The first-order valence-corrected chi connectivity index (χ1v) is 17.2. The van der Waals surface area contributed by atoms with Crippen LogP contribution < -0.4 is 0 Å². The maximum Gasteiger partial charge on any atom is 0.0774 e. The number of rotatable bonds is 6. The van der Waals surface area contributed by atoms with Crippen LogP contribution in [0, 0.1) is 26.0 Å². The van der Waals surface area contributed by atoms with E-state index in [4.69, 9.17) is 17.6 Å². The van der Waals surface area contributed by atoms with Crippen LogP contribution in [0.25, 0.3) is 78.2 Å². The molecular formula is C49H37IrN3O-2. The zero-order valence-corrected chi connectivity index (χ0v) is 31.7. The molecule has 9 aromatic rings. The van der Waals surface area contributed by atoms with Gasteiger partial charge in [0.25, 0.3) is 0 Å². The van der Waals surface area contributed by atoms with Crippen molar-refractivity contribution in [1.82, 2.24) is 14.5 Å². The molecule has 9 rings (SSSR count). The van der Waals surface area contributed by atoms with Gasteiger partial charge in [-0.3, -0.25) is 4.98 Å². The summed E-state index contributed by atoms with van der Waals surface area (Å²) in [6.45, 7) is 1.82. The van der Waals surface area contributed by atoms with Gasteiger partial charge >= 0.3 is 0 Å². The number of hydrogen-bond acceptors (Lipinski definition) is 3. The molecule has 0 aliphatic carbocycles. The standard InChI is InChI=1S/C36H25N2O.C13H12N.Ir/c1-24(2)27-20-21-34-30(22-27)31(23-39-34)36-37-32-18-9-10-19-33(32)38(36)35-28(25-12-5-3-6-13-25)16-11-17-29(35)26-14-7-4-8-15-26;1-10-3-6-12(7-4-10)13-8-5-11(2)9-14-13;/h3-22H,1H2,2H3;3-6,8-9H,1-2H3;/q2*-1;/i;1D3,2D3;. The third kappa shape index (κ3) is 7.25. The number of imidazole rings is 1. The SMILES string of the molecule is C=C(C)c1ccc2o[c-]c(-c3nc4ccccc4n3-c3c(-c4ccccc4)cccc3-c3ccccc3)c2c1.[2H]C([2H])([2H])c1c[c-]c(-c2ccc(C([2H])([2H])[2H])cn2)cc1.[Ir]. The summed E-state index contributed by atoms with van der Waals surface area (Å²) < 4.78 is 51.9. The van der Waals surface area contributed by atoms with E-state index in [9.17, 15) is 0 Å². The zero-order valence-electron chi connectivity index (χ0n) is 35.3. The Bertz CT molecular complexity index is 2810. The summed E-state index contributed by atoms with van der Waals surface area (Å²) in [7, 11) is 0. The summed E-state index contributed by atoms with van der Waals surface area (Å²) in [5.41, 5.74) is 12.7. The Morgan fingerprint density at radius 1 is 0.741 bits per heavy atom. The minimum atomic E-state index is -2.18. The number of para-hydroxylation sites is 3. The van der Waals surface area contributed by atoms with Gasteiger partial charge in [-0.1, -0.05) is 151 Å². The predicted molar refractivity (Wildman–Crippen MR) is 219 cm³/mol. The number of aryl methyl sites for hydroxylation is 2. The van der Waals surface area contributed by atoms with Crippen LogP contribution in [0.1, 0.15) is 31.8 Å². The van der Waals surface area contributed by atoms with Crippen molar-refractivity contribution in [3.05, 3.63) is 193 Å². The number of fused-ring (bicyclic) bond motifs is 2. The maximum absolute atomic E-state index is 7.28. The maximum atomic E-state index is 7.28. The Balaban J connectivity index is 0.000000220. The van der Waals surface area contributed by atoms with Crippen molar-refractivity contribution in [2.75, 3.05) is 0 Å². The summed E-state index contributed by atoms with van der Waals surface area (Å²) in [6.07, 6.45) is 4.50. The molecule has 54 heavy (non-hydrogen) atoms. The molecule has 0 aliphatic rings. The van der Waals surface area contributed by atoms with E-state index >= 15 is 0 Å². The first-order valence-electron chi connectivity index (χ1n) is 20.2. The smallest absolute Gasteiger partial charge is 0.0774 e. The normalized spacial score (nSPS) is 12.9. The average molecular weight is 882 g/mol. The molecule has 0 aliphatic heterocycles. The van der Waals surface area contributed by atoms with Crippen molar-refractivity contribution in [2.24, 2.45) is 0 Å². The Kier molecular flexibility index (Phi) is 8.61. The molecule has 1 radical (unpaired) electrons. The Hall–Kier alpha value is -6.13. The number of benzene rings is 6. The van der Waals surface area contributed by atoms with Crippen molar-refractivity contribution in [2.45, 2.75) is 20.6 Å². The van der Waals surface area contributed by atoms with Gasteiger partial charge < -0.3 is 14.0 Å². The van der Waals surface area contributed by atoms with Crippen LogP contribution in [0.3, 0.4) is 0 Å². The number of aromatic nitrogens is 3. The van der Waals surface area contributed by atoms with Gasteiger partial charge in [-0.25, -0.2) is 0 Å². The number of pyridine rings is 1. The average Bonchev–Trinajstić information content (AvgIpc) is 3.85. The van der Waals surface area contributed by atoms with E-state index in [2.05, 4.69) is 119 Å². The molecule has 3 aromatic heterocycles. The fourth-order valence-electron chi connectivity index (χ4n) is 6.45. The van der Waals surface area contributed by atoms with Crippen molar-refractivity contribution >= 4 is 27.6 Å². The molecule has 0 atom stereocenters. The van der Waals surface area contributed by atoms with Gasteiger partial charge in [-0.05, 0) is 53.9 Å². The molecule has 4 nitrogen and oxygen atoms in total. The van der Waals surface area contributed by atoms with Crippen molar-refractivity contribution in [3.63, 3.8) is 0 Å². The molecule has 6 aromatic carbocycles. The van der Waals surface area contributed by atoms with Crippen LogP contribution in [-0.4, -0.2) is 14.5 Å². The third-order valence-corrected chi connectivity index (χ3v) is 9.07. The van der Waals surface area contributed by atoms with Crippen molar-refractivity contribution < 1.29 is 32.7 Å². The van der Waals surface area contributed by atoms with Crippen molar-refractivity contribution in [1.29, 1.82) is 0 Å². The molecule has 3 heterocycles. The number of nitrogens with zero attached hydrogens (tertiary/aromatic N) is 3. The molecule has 265 valence electrons. The van der Waals surface area contributed by atoms with E-state index in [-0.39, 0.29) is 31.2 Å². The van der Waals surface area contributed by atoms with Crippen LogP contribution in [0.2, 0.25) is 0 Å². The van der Waals surface area contributed by atoms with Gasteiger partial charge in [0, 0.05) is 57.5 Å². The minimum absolute atomic E-state index is 0. The fourth-order valence-corrected chi connectivity index (χ4v) is 6.45. The molecule has 0 fully saturated rings. The van der Waals surface area contributed by atoms with E-state index < -0.39 is 13.7 Å². The van der Waals surface area contributed by atoms with Gasteiger partial charge in [-0.2, -0.15) is 0 Å². The van der Waals surface area contributed by atoms with Crippen LogP contribution >= 0.6 is 0 Å². The quantitative estimate of drug-likeness (QED) is 0.156. The Labute approximate surface area is 338 Å². The molecule has 0 spiro atoms. The zero-order chi connectivity index (χ0) is 41.3. The van der Waals surface area contributed by atoms with Gasteiger partial charge in [0.05, 0.1) is 22.5 Å². The summed E-state index contributed by atoms with van der Waals surface area (Å²) in [5.74, 6) is 0.786. The van der Waals surface area contributed by atoms with E-state index in [1.54, 1.807) is 12.1 Å². The van der Waals surface area contributed by atoms with Crippen LogP contribution in [0.4, 0.5) is 0 Å². The molecule has 5 heteroatoms. The summed E-state index contributed by atoms with van der Waals surface area (Å²) in [6, 6.07) is 52.4. The molecular weight excluding hydrogens is 839 g/mol. The minimum Gasteiger partial charge on any atom is -0.557 e. The predicted octanol–water partition coefficient (Wildman–Crippen LogP) is 12.8. The summed E-state index contributed by atoms with van der Waals surface area (Å²) >= 11 is 0. The fraction of sp³-hybridized carbons (Fsp3) is 0.0612.